The van der Waals surface area contributed by atoms with Crippen molar-refractivity contribution < 1.29 is 5.11 Å². The lowest BCUT2D eigenvalue weighted by Gasteiger charge is -2.32. The van der Waals surface area contributed by atoms with Gasteiger partial charge in [-0.3, -0.25) is 9.69 Å². The second-order valence-corrected chi connectivity index (χ2v) is 7.10. The highest BCUT2D eigenvalue weighted by atomic mass is 16.3. The van der Waals surface area contributed by atoms with Gasteiger partial charge in [0.15, 0.2) is 5.75 Å². The summed E-state index contributed by atoms with van der Waals surface area (Å²) in [5, 5.41) is 9.73. The predicted molar refractivity (Wildman–Crippen MR) is 90.2 cm³/mol. The van der Waals surface area contributed by atoms with Gasteiger partial charge in [0.25, 0.3) is 0 Å². The number of hydrogen-bond acceptors (Lipinski definition) is 3. The molecule has 124 valence electrons. The van der Waals surface area contributed by atoms with E-state index in [1.165, 1.54) is 32.1 Å². The van der Waals surface area contributed by atoms with Gasteiger partial charge in [-0.15, -0.1) is 0 Å². The molecule has 1 aliphatic carbocycles. The predicted octanol–water partition coefficient (Wildman–Crippen LogP) is 3.36. The van der Waals surface area contributed by atoms with Gasteiger partial charge < -0.3 is 9.67 Å². The van der Waals surface area contributed by atoms with Gasteiger partial charge in [-0.2, -0.15) is 0 Å². The number of pyridine rings is 1. The average molecular weight is 306 g/mol. The van der Waals surface area contributed by atoms with Crippen LogP contribution in [0.4, 0.5) is 0 Å². The highest BCUT2D eigenvalue weighted by molar-refractivity contribution is 5.20. The molecule has 0 aliphatic heterocycles. The van der Waals surface area contributed by atoms with Crippen molar-refractivity contribution in [2.45, 2.75) is 71.5 Å². The van der Waals surface area contributed by atoms with Crippen LogP contribution in [0.25, 0.3) is 0 Å². The van der Waals surface area contributed by atoms with Crippen LogP contribution >= 0.6 is 0 Å². The lowest BCUT2D eigenvalue weighted by atomic mass is 9.94. The topological polar surface area (TPSA) is 45.5 Å². The van der Waals surface area contributed by atoms with Gasteiger partial charge in [-0.25, -0.2) is 0 Å². The Bertz CT molecular complexity index is 530. The van der Waals surface area contributed by atoms with E-state index in [0.717, 1.165) is 25.2 Å². The van der Waals surface area contributed by atoms with E-state index in [1.54, 1.807) is 12.3 Å². The molecule has 1 saturated carbocycles. The van der Waals surface area contributed by atoms with Crippen molar-refractivity contribution in [1.82, 2.24) is 9.47 Å². The fraction of sp³-hybridized carbons (Fsp3) is 0.722. The summed E-state index contributed by atoms with van der Waals surface area (Å²) in [7, 11) is 2.15. The van der Waals surface area contributed by atoms with Crippen LogP contribution in [0, 0.1) is 5.92 Å². The van der Waals surface area contributed by atoms with E-state index in [0.29, 0.717) is 12.0 Å². The molecule has 0 aromatic carbocycles. The summed E-state index contributed by atoms with van der Waals surface area (Å²) in [6.45, 7) is 6.00. The molecule has 1 aromatic heterocycles. The van der Waals surface area contributed by atoms with E-state index in [1.807, 2.05) is 0 Å². The van der Waals surface area contributed by atoms with E-state index in [4.69, 9.17) is 0 Å². The quantitative estimate of drug-likeness (QED) is 0.876. The highest BCUT2D eigenvalue weighted by Gasteiger charge is 2.19. The Morgan fingerprint density at radius 1 is 1.32 bits per heavy atom. The average Bonchev–Trinajstić information content (AvgIpc) is 2.50. The molecular weight excluding hydrogens is 276 g/mol. The lowest BCUT2D eigenvalue weighted by molar-refractivity contribution is 0.180. The maximum atomic E-state index is 11.8. The van der Waals surface area contributed by atoms with Gasteiger partial charge in [-0.05, 0) is 32.2 Å². The summed E-state index contributed by atoms with van der Waals surface area (Å²) < 4.78 is 2.05. The molecule has 1 aliphatic rings. The number of aromatic nitrogens is 1. The minimum atomic E-state index is -0.271. The molecule has 0 radical (unpaired) electrons. The maximum absolute atomic E-state index is 11.8. The third-order valence-electron chi connectivity index (χ3n) is 4.75. The number of aromatic hydroxyl groups is 1. The lowest BCUT2D eigenvalue weighted by Crippen LogP contribution is -2.34. The molecule has 1 fully saturated rings. The van der Waals surface area contributed by atoms with Crippen LogP contribution in [0.15, 0.2) is 17.1 Å². The molecule has 4 nitrogen and oxygen atoms in total. The normalized spacial score (nSPS) is 16.6. The largest absolute Gasteiger partial charge is 0.503 e. The molecule has 0 atom stereocenters. The first-order chi connectivity index (χ1) is 10.5. The Balaban J connectivity index is 2.13. The van der Waals surface area contributed by atoms with Gasteiger partial charge in [0.1, 0.15) is 0 Å². The van der Waals surface area contributed by atoms with E-state index in [2.05, 4.69) is 30.4 Å². The zero-order chi connectivity index (χ0) is 16.1. The standard InChI is InChI=1S/C18H30N2O2/c1-14(2)9-10-20-13-18(22)17(21)11-16(20)12-19(3)15-7-5-4-6-8-15/h11,13-15,22H,4-10,12H2,1-3H3. The zero-order valence-corrected chi connectivity index (χ0v) is 14.2. The minimum absolute atomic E-state index is 0.146. The van der Waals surface area contributed by atoms with Crippen molar-refractivity contribution in [2.75, 3.05) is 7.05 Å². The third kappa shape index (κ3) is 4.60. The summed E-state index contributed by atoms with van der Waals surface area (Å²) in [5.41, 5.74) is 0.740. The van der Waals surface area contributed by atoms with Crippen molar-refractivity contribution in [3.8, 4) is 5.75 Å². The van der Waals surface area contributed by atoms with Gasteiger partial charge in [0.2, 0.25) is 5.43 Å². The van der Waals surface area contributed by atoms with Crippen LogP contribution in [0.5, 0.6) is 5.75 Å². The third-order valence-corrected chi connectivity index (χ3v) is 4.75. The van der Waals surface area contributed by atoms with Crippen LogP contribution in [0.2, 0.25) is 0 Å². The van der Waals surface area contributed by atoms with Crippen molar-refractivity contribution >= 4 is 0 Å². The van der Waals surface area contributed by atoms with Crippen LogP contribution in [0.3, 0.4) is 0 Å². The first-order valence-corrected chi connectivity index (χ1v) is 8.60. The molecule has 0 unspecified atom stereocenters. The fourth-order valence-electron chi connectivity index (χ4n) is 3.25. The van der Waals surface area contributed by atoms with Crippen molar-refractivity contribution in [3.05, 3.63) is 28.2 Å². The molecule has 22 heavy (non-hydrogen) atoms. The minimum Gasteiger partial charge on any atom is -0.503 e. The van der Waals surface area contributed by atoms with Gasteiger partial charge in [-0.1, -0.05) is 33.1 Å². The molecular formula is C18H30N2O2. The molecule has 0 bridgehead atoms. The van der Waals surface area contributed by atoms with Crippen molar-refractivity contribution in [3.63, 3.8) is 0 Å². The number of hydrogen-bond donors (Lipinski definition) is 1. The molecule has 0 spiro atoms. The van der Waals surface area contributed by atoms with Gasteiger partial charge in [0.05, 0.1) is 6.20 Å². The Hall–Kier alpha value is -1.29. The maximum Gasteiger partial charge on any atom is 0.223 e. The molecule has 4 heteroatoms. The number of aryl methyl sites for hydroxylation is 1. The molecule has 2 rings (SSSR count). The molecule has 1 heterocycles. The second-order valence-electron chi connectivity index (χ2n) is 7.10. The Labute approximate surface area is 133 Å². The Morgan fingerprint density at radius 2 is 2.00 bits per heavy atom. The summed E-state index contributed by atoms with van der Waals surface area (Å²) >= 11 is 0. The molecule has 1 N–H and O–H groups in total. The first-order valence-electron chi connectivity index (χ1n) is 8.60. The molecule has 0 amide bonds. The van der Waals surface area contributed by atoms with Gasteiger partial charge >= 0.3 is 0 Å². The summed E-state index contributed by atoms with van der Waals surface area (Å²) in [4.78, 5) is 14.2. The highest BCUT2D eigenvalue weighted by Crippen LogP contribution is 2.23. The second kappa shape index (κ2) is 7.82. The van der Waals surface area contributed by atoms with E-state index in [-0.39, 0.29) is 11.2 Å². The Kier molecular flexibility index (Phi) is 6.07. The smallest absolute Gasteiger partial charge is 0.223 e. The van der Waals surface area contributed by atoms with Crippen molar-refractivity contribution in [2.24, 2.45) is 5.92 Å². The van der Waals surface area contributed by atoms with Crippen LogP contribution < -0.4 is 5.43 Å². The molecule has 0 saturated heterocycles. The van der Waals surface area contributed by atoms with Crippen molar-refractivity contribution in [1.29, 1.82) is 0 Å². The monoisotopic (exact) mass is 306 g/mol. The molecule has 1 aromatic rings. The van der Waals surface area contributed by atoms with Crippen LogP contribution in [-0.4, -0.2) is 27.7 Å². The van der Waals surface area contributed by atoms with E-state index >= 15 is 0 Å². The first kappa shape index (κ1) is 17.1. The van der Waals surface area contributed by atoms with E-state index < -0.39 is 0 Å². The summed E-state index contributed by atoms with van der Waals surface area (Å²) in [6.07, 6.45) is 9.13. The van der Waals surface area contributed by atoms with Crippen LogP contribution in [0.1, 0.15) is 58.1 Å². The number of rotatable bonds is 6. The Morgan fingerprint density at radius 3 is 2.64 bits per heavy atom. The zero-order valence-electron chi connectivity index (χ0n) is 14.2. The van der Waals surface area contributed by atoms with Gasteiger partial charge in [0, 0.05) is 30.9 Å². The SMILES string of the molecule is CC(C)CCn1cc(O)c(=O)cc1CN(C)C1CCCCC1. The van der Waals surface area contributed by atoms with E-state index in [9.17, 15) is 9.90 Å². The fourth-order valence-corrected chi connectivity index (χ4v) is 3.25. The van der Waals surface area contributed by atoms with Crippen LogP contribution in [-0.2, 0) is 13.1 Å². The summed E-state index contributed by atoms with van der Waals surface area (Å²) in [6, 6.07) is 2.23. The number of nitrogens with zero attached hydrogens (tertiary/aromatic N) is 2. The summed E-state index contributed by atoms with van der Waals surface area (Å²) in [5.74, 6) is 0.457.